The number of carbonyl (C=O) groups excluding carboxylic acids is 2. The number of anilines is 1. The summed E-state index contributed by atoms with van der Waals surface area (Å²) in [7, 11) is 0. The van der Waals surface area contributed by atoms with Crippen molar-refractivity contribution in [3.8, 4) is 0 Å². The molecule has 0 spiro atoms. The van der Waals surface area contributed by atoms with Gasteiger partial charge >= 0.3 is 0 Å². The lowest BCUT2D eigenvalue weighted by atomic mass is 10.2. The lowest BCUT2D eigenvalue weighted by Crippen LogP contribution is -2.44. The first-order valence-electron chi connectivity index (χ1n) is 5.14. The van der Waals surface area contributed by atoms with Crippen molar-refractivity contribution in [3.05, 3.63) is 24.0 Å². The summed E-state index contributed by atoms with van der Waals surface area (Å²) in [4.78, 5) is 26.7. The van der Waals surface area contributed by atoms with E-state index in [1.165, 1.54) is 6.92 Å². The van der Waals surface area contributed by atoms with Crippen LogP contribution in [0.3, 0.4) is 0 Å². The number of carbonyl (C=O) groups is 2. The minimum atomic E-state index is -0.643. The summed E-state index contributed by atoms with van der Waals surface area (Å²) >= 11 is 4.03. The summed E-state index contributed by atoms with van der Waals surface area (Å²) in [6.07, 6.45) is 3.21. The SMILES string of the molecule is CC(=O)NC(CS)C(=O)Nc1cnccc1C. The molecule has 0 radical (unpaired) electrons. The van der Waals surface area contributed by atoms with Crippen LogP contribution in [-0.2, 0) is 9.59 Å². The maximum absolute atomic E-state index is 11.8. The lowest BCUT2D eigenvalue weighted by molar-refractivity contribution is -0.124. The molecule has 0 aliphatic heterocycles. The number of hydrogen-bond donors (Lipinski definition) is 3. The molecule has 0 saturated carbocycles. The van der Waals surface area contributed by atoms with Gasteiger partial charge in [-0.25, -0.2) is 0 Å². The van der Waals surface area contributed by atoms with E-state index >= 15 is 0 Å². The van der Waals surface area contributed by atoms with E-state index in [-0.39, 0.29) is 17.6 Å². The van der Waals surface area contributed by atoms with Gasteiger partial charge in [0.15, 0.2) is 0 Å². The summed E-state index contributed by atoms with van der Waals surface area (Å²) in [5.74, 6) is -0.321. The average molecular weight is 253 g/mol. The zero-order chi connectivity index (χ0) is 12.8. The van der Waals surface area contributed by atoms with Crippen molar-refractivity contribution in [2.75, 3.05) is 11.1 Å². The van der Waals surface area contributed by atoms with E-state index < -0.39 is 6.04 Å². The Bertz CT molecular complexity index is 423. The molecule has 6 heteroatoms. The van der Waals surface area contributed by atoms with Gasteiger partial charge in [-0.15, -0.1) is 0 Å². The number of aromatic nitrogens is 1. The maximum Gasteiger partial charge on any atom is 0.247 e. The van der Waals surface area contributed by atoms with Crippen molar-refractivity contribution in [2.24, 2.45) is 0 Å². The lowest BCUT2D eigenvalue weighted by Gasteiger charge is -2.15. The van der Waals surface area contributed by atoms with Crippen LogP contribution in [0.1, 0.15) is 12.5 Å². The number of nitrogens with zero attached hydrogens (tertiary/aromatic N) is 1. The Balaban J connectivity index is 2.71. The smallest absolute Gasteiger partial charge is 0.247 e. The fourth-order valence-electron chi connectivity index (χ4n) is 1.25. The second-order valence-corrected chi connectivity index (χ2v) is 3.98. The summed E-state index contributed by atoms with van der Waals surface area (Å²) in [6.45, 7) is 3.23. The van der Waals surface area contributed by atoms with Crippen LogP contribution in [0.4, 0.5) is 5.69 Å². The van der Waals surface area contributed by atoms with Crippen LogP contribution >= 0.6 is 12.6 Å². The molecule has 0 bridgehead atoms. The van der Waals surface area contributed by atoms with Gasteiger partial charge in [0, 0.05) is 18.9 Å². The molecule has 92 valence electrons. The van der Waals surface area contributed by atoms with Gasteiger partial charge in [0.1, 0.15) is 6.04 Å². The van der Waals surface area contributed by atoms with Crippen LogP contribution in [-0.4, -0.2) is 28.6 Å². The molecule has 1 rings (SSSR count). The number of rotatable bonds is 4. The molecule has 1 aromatic rings. The van der Waals surface area contributed by atoms with Crippen molar-refractivity contribution in [1.29, 1.82) is 0 Å². The molecule has 2 amide bonds. The van der Waals surface area contributed by atoms with Crippen LogP contribution in [0.2, 0.25) is 0 Å². The predicted octanol–water partition coefficient (Wildman–Crippen LogP) is 0.763. The van der Waals surface area contributed by atoms with E-state index in [9.17, 15) is 9.59 Å². The van der Waals surface area contributed by atoms with Crippen molar-refractivity contribution in [1.82, 2.24) is 10.3 Å². The third kappa shape index (κ3) is 4.07. The van der Waals surface area contributed by atoms with Crippen LogP contribution in [0.25, 0.3) is 0 Å². The van der Waals surface area contributed by atoms with Crippen molar-refractivity contribution in [3.63, 3.8) is 0 Å². The number of pyridine rings is 1. The normalized spacial score (nSPS) is 11.7. The van der Waals surface area contributed by atoms with E-state index in [0.29, 0.717) is 5.69 Å². The van der Waals surface area contributed by atoms with E-state index in [1.807, 2.05) is 6.92 Å². The Morgan fingerprint density at radius 3 is 2.76 bits per heavy atom. The summed E-state index contributed by atoms with van der Waals surface area (Å²) < 4.78 is 0. The fourth-order valence-corrected chi connectivity index (χ4v) is 1.51. The van der Waals surface area contributed by atoms with Crippen LogP contribution in [0.5, 0.6) is 0 Å². The highest BCUT2D eigenvalue weighted by molar-refractivity contribution is 7.80. The van der Waals surface area contributed by atoms with Gasteiger partial charge in [0.2, 0.25) is 11.8 Å². The molecule has 1 heterocycles. The monoisotopic (exact) mass is 253 g/mol. The molecule has 17 heavy (non-hydrogen) atoms. The highest BCUT2D eigenvalue weighted by atomic mass is 32.1. The zero-order valence-corrected chi connectivity index (χ0v) is 10.6. The molecule has 0 aromatic carbocycles. The number of nitrogens with one attached hydrogen (secondary N) is 2. The molecule has 1 unspecified atom stereocenters. The first kappa shape index (κ1) is 13.5. The molecule has 0 saturated heterocycles. The summed E-state index contributed by atoms with van der Waals surface area (Å²) in [6, 6.07) is 1.15. The van der Waals surface area contributed by atoms with Gasteiger partial charge in [-0.3, -0.25) is 14.6 Å². The molecule has 1 atom stereocenters. The predicted molar refractivity (Wildman–Crippen MR) is 69.1 cm³/mol. The minimum Gasteiger partial charge on any atom is -0.344 e. The van der Waals surface area contributed by atoms with Crippen LogP contribution in [0.15, 0.2) is 18.5 Å². The van der Waals surface area contributed by atoms with Crippen molar-refractivity contribution < 1.29 is 9.59 Å². The maximum atomic E-state index is 11.8. The van der Waals surface area contributed by atoms with Gasteiger partial charge in [0.25, 0.3) is 0 Å². The Hall–Kier alpha value is -1.56. The van der Waals surface area contributed by atoms with Crippen molar-refractivity contribution in [2.45, 2.75) is 19.9 Å². The largest absolute Gasteiger partial charge is 0.344 e. The Kier molecular flexibility index (Phi) is 4.96. The highest BCUT2D eigenvalue weighted by Crippen LogP contribution is 2.11. The standard InChI is InChI=1S/C11H15N3O2S/c1-7-3-4-12-5-9(7)14-11(16)10(6-17)13-8(2)15/h3-5,10,17H,6H2,1-2H3,(H,13,15)(H,14,16). The Morgan fingerprint density at radius 1 is 1.53 bits per heavy atom. The third-order valence-corrected chi connectivity index (χ3v) is 2.54. The number of hydrogen-bond acceptors (Lipinski definition) is 4. The minimum absolute atomic E-state index is 0.241. The number of amides is 2. The molecule has 1 aromatic heterocycles. The van der Waals surface area contributed by atoms with Crippen molar-refractivity contribution >= 4 is 30.1 Å². The van der Waals surface area contributed by atoms with Crippen LogP contribution in [0, 0.1) is 6.92 Å². The Morgan fingerprint density at radius 2 is 2.24 bits per heavy atom. The fraction of sp³-hybridized carbons (Fsp3) is 0.364. The van der Waals surface area contributed by atoms with Crippen LogP contribution < -0.4 is 10.6 Å². The molecule has 0 aliphatic carbocycles. The molecular formula is C11H15N3O2S. The van der Waals surface area contributed by atoms with Gasteiger partial charge in [-0.05, 0) is 18.6 Å². The second-order valence-electron chi connectivity index (χ2n) is 3.62. The molecular weight excluding hydrogens is 238 g/mol. The van der Waals surface area contributed by atoms with E-state index in [4.69, 9.17) is 0 Å². The summed E-state index contributed by atoms with van der Waals surface area (Å²) in [5.41, 5.74) is 1.55. The second kappa shape index (κ2) is 6.24. The third-order valence-electron chi connectivity index (χ3n) is 2.17. The van der Waals surface area contributed by atoms with Gasteiger partial charge in [-0.2, -0.15) is 12.6 Å². The molecule has 5 nitrogen and oxygen atoms in total. The number of thiol groups is 1. The Labute approximate surface area is 105 Å². The molecule has 0 aliphatic rings. The highest BCUT2D eigenvalue weighted by Gasteiger charge is 2.18. The van der Waals surface area contributed by atoms with E-state index in [0.717, 1.165) is 5.56 Å². The average Bonchev–Trinajstić information content (AvgIpc) is 2.28. The first-order valence-corrected chi connectivity index (χ1v) is 5.77. The zero-order valence-electron chi connectivity index (χ0n) is 9.73. The van der Waals surface area contributed by atoms with Gasteiger partial charge in [-0.1, -0.05) is 0 Å². The first-order chi connectivity index (χ1) is 8.04. The van der Waals surface area contributed by atoms with E-state index in [2.05, 4.69) is 28.2 Å². The molecule has 0 fully saturated rings. The summed E-state index contributed by atoms with van der Waals surface area (Å²) in [5, 5.41) is 5.22. The number of aryl methyl sites for hydroxylation is 1. The van der Waals surface area contributed by atoms with Gasteiger partial charge < -0.3 is 10.6 Å². The topological polar surface area (TPSA) is 71.1 Å². The van der Waals surface area contributed by atoms with E-state index in [1.54, 1.807) is 18.5 Å². The quantitative estimate of drug-likeness (QED) is 0.694. The van der Waals surface area contributed by atoms with Gasteiger partial charge in [0.05, 0.1) is 11.9 Å². The molecule has 2 N–H and O–H groups in total.